The molecule has 0 aliphatic carbocycles. The van der Waals surface area contributed by atoms with Crippen LogP contribution in [0.25, 0.3) is 0 Å². The zero-order valence-electron chi connectivity index (χ0n) is 32.2. The molecule has 9 aromatic carbocycles. The summed E-state index contributed by atoms with van der Waals surface area (Å²) in [6.07, 6.45) is 0. The predicted molar refractivity (Wildman–Crippen MR) is 260 cm³/mol. The van der Waals surface area contributed by atoms with Gasteiger partial charge in [-0.25, -0.2) is 0 Å². The molecule has 0 aliphatic heterocycles. The maximum Gasteiger partial charge on any atom is -0.0134 e. The second kappa shape index (κ2) is 23.4. The molecule has 0 amide bonds. The first-order valence-electron chi connectivity index (χ1n) is 19.2. The van der Waals surface area contributed by atoms with E-state index in [1.165, 1.54) is 47.7 Å². The Morgan fingerprint density at radius 2 is 0.224 bits per heavy atom. The van der Waals surface area contributed by atoms with Crippen LogP contribution in [-0.4, -0.2) is 0 Å². The topological polar surface area (TPSA) is 0 Å². The van der Waals surface area contributed by atoms with Crippen LogP contribution in [0.5, 0.6) is 0 Å². The molecular weight excluding hydrogens is 934 g/mol. The van der Waals surface area contributed by atoms with E-state index in [1.807, 2.05) is 0 Å². The van der Waals surface area contributed by atoms with Crippen LogP contribution in [-0.2, 0) is 20.1 Å². The molecule has 0 heterocycles. The molecule has 0 atom stereocenters. The molecule has 0 saturated heterocycles. The standard InChI is InChI=1S/3C18H15P.Ir.3H/c3*1-4-10-16(11-5-1)19(17-12-6-2-7-13-17)18-14-8-3-9-15-18;;;;/h3*1-15H;;;;. The van der Waals surface area contributed by atoms with Crippen molar-refractivity contribution in [3.8, 4) is 0 Å². The van der Waals surface area contributed by atoms with Crippen molar-refractivity contribution < 1.29 is 20.1 Å². The molecule has 0 bridgehead atoms. The fourth-order valence-corrected chi connectivity index (χ4v) is 13.5. The van der Waals surface area contributed by atoms with Crippen molar-refractivity contribution in [1.82, 2.24) is 0 Å². The Balaban J connectivity index is 0.000000145. The van der Waals surface area contributed by atoms with Crippen molar-refractivity contribution in [3.63, 3.8) is 0 Å². The largest absolute Gasteiger partial charge is 0.0622 e. The average Bonchev–Trinajstić information content (AvgIpc) is 3.30. The predicted octanol–water partition coefficient (Wildman–Crippen LogP) is 9.53. The zero-order chi connectivity index (χ0) is 38.7. The molecule has 288 valence electrons. The molecule has 0 nitrogen and oxygen atoms in total. The molecule has 1 radical (unpaired) electrons. The van der Waals surface area contributed by atoms with E-state index in [0.29, 0.717) is 0 Å². The molecule has 0 aromatic heterocycles. The minimum Gasteiger partial charge on any atom is -0.0622 e. The minimum absolute atomic E-state index is 0. The average molecular weight is 982 g/mol. The van der Waals surface area contributed by atoms with Gasteiger partial charge in [0, 0.05) is 0 Å². The van der Waals surface area contributed by atoms with Crippen molar-refractivity contribution in [2.75, 3.05) is 0 Å². The summed E-state index contributed by atoms with van der Waals surface area (Å²) in [5.41, 5.74) is 0. The van der Waals surface area contributed by atoms with Gasteiger partial charge in [-0.05, 0) is 71.5 Å². The van der Waals surface area contributed by atoms with Crippen LogP contribution < -0.4 is 47.7 Å². The first-order chi connectivity index (χ1) is 28.3. The summed E-state index contributed by atoms with van der Waals surface area (Å²) in [6.45, 7) is 0. The van der Waals surface area contributed by atoms with Crippen molar-refractivity contribution in [3.05, 3.63) is 273 Å². The van der Waals surface area contributed by atoms with Gasteiger partial charge in [-0.2, -0.15) is 0 Å². The minimum atomic E-state index is -0.446. The number of rotatable bonds is 9. The second-order valence-electron chi connectivity index (χ2n) is 13.0. The summed E-state index contributed by atoms with van der Waals surface area (Å²) in [5, 5.41) is 12.6. The number of benzene rings is 9. The molecule has 0 fully saturated rings. The molecule has 0 aliphatic rings. The maximum atomic E-state index is 2.23. The third kappa shape index (κ3) is 12.0. The van der Waals surface area contributed by atoms with E-state index in [9.17, 15) is 0 Å². The molecule has 4 heteroatoms. The van der Waals surface area contributed by atoms with Crippen LogP contribution in [0.2, 0.25) is 0 Å². The Morgan fingerprint density at radius 3 is 0.310 bits per heavy atom. The molecule has 0 unspecified atom stereocenters. The molecule has 9 aromatic rings. The van der Waals surface area contributed by atoms with Crippen molar-refractivity contribution >= 4 is 71.5 Å². The van der Waals surface area contributed by atoms with Crippen LogP contribution in [0.4, 0.5) is 0 Å². The van der Waals surface area contributed by atoms with Crippen molar-refractivity contribution in [1.29, 1.82) is 0 Å². The maximum absolute atomic E-state index is 2.23. The van der Waals surface area contributed by atoms with E-state index < -0.39 is 23.8 Å². The number of hydrogen-bond acceptors (Lipinski definition) is 0. The first kappa shape index (κ1) is 42.5. The molecular formula is C54H48IrP3. The fourth-order valence-electron chi connectivity index (χ4n) is 6.54. The van der Waals surface area contributed by atoms with Gasteiger partial charge < -0.3 is 0 Å². The summed E-state index contributed by atoms with van der Waals surface area (Å²) in [6, 6.07) is 97.0. The molecule has 9 rings (SSSR count). The van der Waals surface area contributed by atoms with Gasteiger partial charge in [0.15, 0.2) is 0 Å². The Hall–Kier alpha value is -5.08. The van der Waals surface area contributed by atoms with E-state index in [4.69, 9.17) is 0 Å². The van der Waals surface area contributed by atoms with Crippen LogP contribution in [0, 0.1) is 0 Å². The first-order valence-corrected chi connectivity index (χ1v) is 23.2. The van der Waals surface area contributed by atoms with E-state index in [0.717, 1.165) is 0 Å². The van der Waals surface area contributed by atoms with Crippen molar-refractivity contribution in [2.45, 2.75) is 0 Å². The van der Waals surface area contributed by atoms with Gasteiger partial charge in [-0.3, -0.25) is 0 Å². The summed E-state index contributed by atoms with van der Waals surface area (Å²) in [7, 11) is -1.34. The van der Waals surface area contributed by atoms with E-state index in [1.54, 1.807) is 0 Å². The second-order valence-corrected chi connectivity index (χ2v) is 19.7. The molecule has 58 heavy (non-hydrogen) atoms. The Labute approximate surface area is 362 Å². The normalized spacial score (nSPS) is 10.4. The zero-order valence-corrected chi connectivity index (χ0v) is 37.8. The Bertz CT molecular complexity index is 1860. The Kier molecular flexibility index (Phi) is 17.1. The van der Waals surface area contributed by atoms with Gasteiger partial charge in [-0.1, -0.05) is 273 Å². The van der Waals surface area contributed by atoms with Gasteiger partial charge >= 0.3 is 20.1 Å². The van der Waals surface area contributed by atoms with Crippen LogP contribution in [0.1, 0.15) is 0 Å². The van der Waals surface area contributed by atoms with Crippen LogP contribution in [0.15, 0.2) is 273 Å². The number of hydrogen-bond donors (Lipinski definition) is 0. The fraction of sp³-hybridized carbons (Fsp3) is 0. The summed E-state index contributed by atoms with van der Waals surface area (Å²) in [4.78, 5) is 0. The Morgan fingerprint density at radius 1 is 0.138 bits per heavy atom. The van der Waals surface area contributed by atoms with Gasteiger partial charge in [0.25, 0.3) is 0 Å². The third-order valence-corrected chi connectivity index (χ3v) is 16.5. The van der Waals surface area contributed by atoms with Crippen LogP contribution in [0.3, 0.4) is 0 Å². The molecule has 0 saturated carbocycles. The van der Waals surface area contributed by atoms with Crippen LogP contribution >= 0.6 is 23.8 Å². The smallest absolute Gasteiger partial charge is 0.0134 e. The van der Waals surface area contributed by atoms with Gasteiger partial charge in [-0.15, -0.1) is 0 Å². The summed E-state index contributed by atoms with van der Waals surface area (Å²) >= 11 is 0. The van der Waals surface area contributed by atoms with Gasteiger partial charge in [0.05, 0.1) is 0 Å². The monoisotopic (exact) mass is 982 g/mol. The van der Waals surface area contributed by atoms with Gasteiger partial charge in [0.1, 0.15) is 0 Å². The van der Waals surface area contributed by atoms with E-state index in [2.05, 4.69) is 273 Å². The molecule has 0 N–H and O–H groups in total. The van der Waals surface area contributed by atoms with E-state index in [-0.39, 0.29) is 20.1 Å². The summed E-state index contributed by atoms with van der Waals surface area (Å²) < 4.78 is 0. The molecule has 0 spiro atoms. The van der Waals surface area contributed by atoms with Gasteiger partial charge in [0.2, 0.25) is 0 Å². The quantitative estimate of drug-likeness (QED) is 0.127. The summed E-state index contributed by atoms with van der Waals surface area (Å²) in [5.74, 6) is 0. The van der Waals surface area contributed by atoms with E-state index >= 15 is 0 Å². The third-order valence-electron chi connectivity index (χ3n) is 9.13. The SMILES string of the molecule is [IrH3].c1ccc(P(c2ccccc2)c2ccccc2)cc1.c1ccc(P(c2ccccc2)c2ccccc2)cc1.c1ccc(P(c2ccccc2)c2ccccc2)cc1. The van der Waals surface area contributed by atoms with Crippen molar-refractivity contribution in [2.24, 2.45) is 0 Å².